The van der Waals surface area contributed by atoms with Crippen molar-refractivity contribution in [2.75, 3.05) is 12.5 Å². The van der Waals surface area contributed by atoms with Crippen molar-refractivity contribution in [3.63, 3.8) is 0 Å². The highest BCUT2D eigenvalue weighted by molar-refractivity contribution is 6.27. The number of halogens is 1. The highest BCUT2D eigenvalue weighted by Gasteiger charge is 2.34. The standard InChI is InChI=1S/C14H22ClN3O2/c1-3-13-12(6-8-20-13)17(14(19)9-15)10-11-5-7-16-18(11)4-2/h5,7,12-13H,3-4,6,8-10H2,1-2H3/t12-,13+/m1/s1. The molecule has 0 N–H and O–H groups in total. The summed E-state index contributed by atoms with van der Waals surface area (Å²) < 4.78 is 7.61. The lowest BCUT2D eigenvalue weighted by molar-refractivity contribution is -0.133. The van der Waals surface area contributed by atoms with E-state index >= 15 is 0 Å². The van der Waals surface area contributed by atoms with Crippen LogP contribution in [0.15, 0.2) is 12.3 Å². The molecular formula is C14H22ClN3O2. The van der Waals surface area contributed by atoms with Crippen LogP contribution in [0.1, 0.15) is 32.4 Å². The fourth-order valence-corrected chi connectivity index (χ4v) is 2.96. The van der Waals surface area contributed by atoms with Gasteiger partial charge in [0.05, 0.1) is 24.4 Å². The summed E-state index contributed by atoms with van der Waals surface area (Å²) >= 11 is 5.78. The van der Waals surface area contributed by atoms with E-state index < -0.39 is 0 Å². The monoisotopic (exact) mass is 299 g/mol. The number of rotatable bonds is 6. The van der Waals surface area contributed by atoms with Gasteiger partial charge in [-0.25, -0.2) is 0 Å². The first-order valence-corrected chi connectivity index (χ1v) is 7.72. The fourth-order valence-electron chi connectivity index (χ4n) is 2.80. The highest BCUT2D eigenvalue weighted by Crippen LogP contribution is 2.24. The lowest BCUT2D eigenvalue weighted by Crippen LogP contribution is -2.45. The van der Waals surface area contributed by atoms with Crippen LogP contribution in [0.4, 0.5) is 0 Å². The normalized spacial score (nSPS) is 22.1. The van der Waals surface area contributed by atoms with Gasteiger partial charge in [-0.3, -0.25) is 9.48 Å². The van der Waals surface area contributed by atoms with E-state index in [0.29, 0.717) is 13.2 Å². The molecule has 1 aromatic rings. The van der Waals surface area contributed by atoms with Crippen molar-refractivity contribution in [2.45, 2.75) is 51.9 Å². The fraction of sp³-hybridized carbons (Fsp3) is 0.714. The lowest BCUT2D eigenvalue weighted by Gasteiger charge is -2.31. The van der Waals surface area contributed by atoms with Crippen LogP contribution in [-0.4, -0.2) is 45.2 Å². The molecule has 20 heavy (non-hydrogen) atoms. The molecule has 0 bridgehead atoms. The van der Waals surface area contributed by atoms with Gasteiger partial charge in [0, 0.05) is 19.3 Å². The second-order valence-electron chi connectivity index (χ2n) is 4.97. The van der Waals surface area contributed by atoms with Gasteiger partial charge in [0.25, 0.3) is 0 Å². The number of ether oxygens (including phenoxy) is 1. The van der Waals surface area contributed by atoms with E-state index in [2.05, 4.69) is 12.0 Å². The average molecular weight is 300 g/mol. The Bertz CT molecular complexity index is 449. The number of carbonyl (C=O) groups excluding carboxylic acids is 1. The number of alkyl halides is 1. The van der Waals surface area contributed by atoms with Gasteiger partial charge < -0.3 is 9.64 Å². The predicted octanol–water partition coefficient (Wildman–Crippen LogP) is 2.04. The molecule has 2 heterocycles. The molecule has 1 aromatic heterocycles. The zero-order valence-corrected chi connectivity index (χ0v) is 12.8. The summed E-state index contributed by atoms with van der Waals surface area (Å²) in [5, 5.41) is 4.25. The predicted molar refractivity (Wildman–Crippen MR) is 77.6 cm³/mol. The van der Waals surface area contributed by atoms with Gasteiger partial charge in [-0.05, 0) is 25.8 Å². The largest absolute Gasteiger partial charge is 0.376 e. The number of hydrogen-bond donors (Lipinski definition) is 0. The van der Waals surface area contributed by atoms with Gasteiger partial charge in [0.1, 0.15) is 5.88 Å². The second-order valence-corrected chi connectivity index (χ2v) is 5.23. The maximum atomic E-state index is 12.2. The topological polar surface area (TPSA) is 47.4 Å². The minimum absolute atomic E-state index is 0.00714. The number of nitrogens with zero attached hydrogens (tertiary/aromatic N) is 3. The highest BCUT2D eigenvalue weighted by atomic mass is 35.5. The molecule has 2 rings (SSSR count). The molecule has 112 valence electrons. The number of aryl methyl sites for hydroxylation is 1. The van der Waals surface area contributed by atoms with Gasteiger partial charge in [0.2, 0.25) is 5.91 Å². The zero-order chi connectivity index (χ0) is 14.5. The van der Waals surface area contributed by atoms with Crippen molar-refractivity contribution in [3.05, 3.63) is 18.0 Å². The molecule has 0 radical (unpaired) electrons. The molecular weight excluding hydrogens is 278 g/mol. The number of aromatic nitrogens is 2. The first-order chi connectivity index (χ1) is 9.71. The van der Waals surface area contributed by atoms with E-state index in [0.717, 1.165) is 25.1 Å². The summed E-state index contributed by atoms with van der Waals surface area (Å²) in [5.41, 5.74) is 1.03. The van der Waals surface area contributed by atoms with Crippen molar-refractivity contribution in [1.82, 2.24) is 14.7 Å². The zero-order valence-electron chi connectivity index (χ0n) is 12.1. The smallest absolute Gasteiger partial charge is 0.238 e. The van der Waals surface area contributed by atoms with E-state index in [1.54, 1.807) is 6.20 Å². The quantitative estimate of drug-likeness (QED) is 0.755. The first kappa shape index (κ1) is 15.3. The molecule has 0 spiro atoms. The second kappa shape index (κ2) is 7.09. The number of carbonyl (C=O) groups is 1. The summed E-state index contributed by atoms with van der Waals surface area (Å²) in [6.07, 6.45) is 3.66. The maximum Gasteiger partial charge on any atom is 0.238 e. The first-order valence-electron chi connectivity index (χ1n) is 7.18. The molecule has 1 saturated heterocycles. The van der Waals surface area contributed by atoms with Crippen molar-refractivity contribution >= 4 is 17.5 Å². The van der Waals surface area contributed by atoms with Gasteiger partial charge >= 0.3 is 0 Å². The Balaban J connectivity index is 2.17. The molecule has 0 saturated carbocycles. The van der Waals surface area contributed by atoms with Gasteiger partial charge in [0.15, 0.2) is 0 Å². The summed E-state index contributed by atoms with van der Waals surface area (Å²) in [6, 6.07) is 2.07. The Morgan fingerprint density at radius 1 is 1.60 bits per heavy atom. The molecule has 1 fully saturated rings. The summed E-state index contributed by atoms with van der Waals surface area (Å²) in [4.78, 5) is 14.1. The van der Waals surface area contributed by atoms with Crippen LogP contribution in [0, 0.1) is 0 Å². The summed E-state index contributed by atoms with van der Waals surface area (Å²) in [6.45, 7) is 6.18. The summed E-state index contributed by atoms with van der Waals surface area (Å²) in [7, 11) is 0. The van der Waals surface area contributed by atoms with Gasteiger partial charge in [-0.15, -0.1) is 11.6 Å². The van der Waals surface area contributed by atoms with Crippen LogP contribution < -0.4 is 0 Å². The number of hydrogen-bond acceptors (Lipinski definition) is 3. The van der Waals surface area contributed by atoms with Crippen LogP contribution >= 0.6 is 11.6 Å². The van der Waals surface area contributed by atoms with Crippen LogP contribution in [0.25, 0.3) is 0 Å². The third kappa shape index (κ3) is 3.15. The molecule has 6 heteroatoms. The van der Waals surface area contributed by atoms with Crippen LogP contribution in [0.2, 0.25) is 0 Å². The van der Waals surface area contributed by atoms with E-state index in [-0.39, 0.29) is 23.9 Å². The van der Waals surface area contributed by atoms with Gasteiger partial charge in [-0.1, -0.05) is 6.92 Å². The SMILES string of the molecule is CC[C@@H]1OCC[C@H]1N(Cc1ccnn1CC)C(=O)CCl. The Hall–Kier alpha value is -1.07. The van der Waals surface area contributed by atoms with Crippen molar-refractivity contribution < 1.29 is 9.53 Å². The molecule has 0 unspecified atom stereocenters. The third-order valence-corrected chi connectivity index (χ3v) is 4.08. The Morgan fingerprint density at radius 2 is 2.40 bits per heavy atom. The van der Waals surface area contributed by atoms with E-state index in [4.69, 9.17) is 16.3 Å². The van der Waals surface area contributed by atoms with Crippen molar-refractivity contribution in [3.8, 4) is 0 Å². The third-order valence-electron chi connectivity index (χ3n) is 3.85. The van der Waals surface area contributed by atoms with Crippen LogP contribution in [0.3, 0.4) is 0 Å². The molecule has 0 aromatic carbocycles. The lowest BCUT2D eigenvalue weighted by atomic mass is 10.1. The van der Waals surface area contributed by atoms with Crippen molar-refractivity contribution in [1.29, 1.82) is 0 Å². The Morgan fingerprint density at radius 3 is 3.05 bits per heavy atom. The minimum Gasteiger partial charge on any atom is -0.376 e. The molecule has 0 aliphatic carbocycles. The molecule has 1 aliphatic heterocycles. The molecule has 5 nitrogen and oxygen atoms in total. The van der Waals surface area contributed by atoms with Crippen LogP contribution in [-0.2, 0) is 22.6 Å². The Labute approximate surface area is 124 Å². The maximum absolute atomic E-state index is 12.2. The van der Waals surface area contributed by atoms with E-state index in [1.165, 1.54) is 0 Å². The average Bonchev–Trinajstić information content (AvgIpc) is 3.11. The molecule has 1 amide bonds. The van der Waals surface area contributed by atoms with E-state index in [1.807, 2.05) is 22.6 Å². The van der Waals surface area contributed by atoms with Crippen LogP contribution in [0.5, 0.6) is 0 Å². The Kier molecular flexibility index (Phi) is 5.43. The molecule has 2 atom stereocenters. The molecule has 1 aliphatic rings. The minimum atomic E-state index is -0.0375. The summed E-state index contributed by atoms with van der Waals surface area (Å²) in [5.74, 6) is -0.0304. The van der Waals surface area contributed by atoms with Gasteiger partial charge in [-0.2, -0.15) is 5.10 Å². The van der Waals surface area contributed by atoms with Crippen molar-refractivity contribution in [2.24, 2.45) is 0 Å². The van der Waals surface area contributed by atoms with E-state index in [9.17, 15) is 4.79 Å². The number of amides is 1.